The Kier molecular flexibility index (Phi) is 7.07. The molecule has 9 aromatic rings. The molecule has 48 heavy (non-hydrogen) atoms. The first-order valence-electron chi connectivity index (χ1n) is 16.3. The van der Waals surface area contributed by atoms with Crippen molar-refractivity contribution in [3.8, 4) is 33.4 Å². The Hall–Kier alpha value is -5.96. The highest BCUT2D eigenvalue weighted by molar-refractivity contribution is 7.25. The van der Waals surface area contributed by atoms with Crippen molar-refractivity contribution in [2.24, 2.45) is 0 Å². The molecule has 0 saturated carbocycles. The molecule has 0 aliphatic heterocycles. The standard InChI is InChI=1S/C46H31NS/c1-2-14-38(15-3-1)47(40-27-22-33(23-28-40)36-24-29-46-44(31-36)43-17-6-7-19-45(43)48-46)39-25-20-32(21-26-39)35-12-8-13-37(30-35)42-18-9-11-34-10-4-5-16-41(34)42/h1-31H. The van der Waals surface area contributed by atoms with Gasteiger partial charge in [0.05, 0.1) is 0 Å². The second kappa shape index (κ2) is 12.0. The minimum atomic E-state index is 1.12. The molecule has 0 radical (unpaired) electrons. The Morgan fingerprint density at radius 1 is 0.312 bits per heavy atom. The molecule has 0 unspecified atom stereocenters. The smallest absolute Gasteiger partial charge is 0.0462 e. The predicted molar refractivity (Wildman–Crippen MR) is 208 cm³/mol. The Morgan fingerprint density at radius 3 is 1.62 bits per heavy atom. The van der Waals surface area contributed by atoms with Gasteiger partial charge < -0.3 is 4.90 Å². The summed E-state index contributed by atoms with van der Waals surface area (Å²) < 4.78 is 2.66. The molecule has 0 aliphatic carbocycles. The molecule has 0 spiro atoms. The topological polar surface area (TPSA) is 3.24 Å². The number of nitrogens with zero attached hydrogens (tertiary/aromatic N) is 1. The number of fused-ring (bicyclic) bond motifs is 4. The van der Waals surface area contributed by atoms with Crippen LogP contribution < -0.4 is 4.90 Å². The molecule has 0 amide bonds. The molecule has 0 fully saturated rings. The van der Waals surface area contributed by atoms with Crippen molar-refractivity contribution in [2.45, 2.75) is 0 Å². The monoisotopic (exact) mass is 629 g/mol. The van der Waals surface area contributed by atoms with E-state index in [0.29, 0.717) is 0 Å². The number of rotatable bonds is 6. The zero-order valence-electron chi connectivity index (χ0n) is 26.3. The van der Waals surface area contributed by atoms with Crippen LogP contribution in [0.5, 0.6) is 0 Å². The molecule has 8 aromatic carbocycles. The highest BCUT2D eigenvalue weighted by Crippen LogP contribution is 2.39. The molecule has 1 heterocycles. The van der Waals surface area contributed by atoms with Crippen LogP contribution in [0.4, 0.5) is 17.1 Å². The molecule has 226 valence electrons. The molecule has 1 aromatic heterocycles. The van der Waals surface area contributed by atoms with Gasteiger partial charge in [-0.15, -0.1) is 11.3 Å². The second-order valence-electron chi connectivity index (χ2n) is 12.2. The Balaban J connectivity index is 1.05. The molecule has 0 saturated heterocycles. The van der Waals surface area contributed by atoms with Gasteiger partial charge >= 0.3 is 0 Å². The number of anilines is 3. The summed E-state index contributed by atoms with van der Waals surface area (Å²) in [4.78, 5) is 2.33. The molecule has 0 bridgehead atoms. The van der Waals surface area contributed by atoms with E-state index in [1.807, 2.05) is 11.3 Å². The van der Waals surface area contributed by atoms with E-state index in [9.17, 15) is 0 Å². The maximum atomic E-state index is 2.34. The van der Waals surface area contributed by atoms with Crippen LogP contribution >= 0.6 is 11.3 Å². The largest absolute Gasteiger partial charge is 0.311 e. The average molecular weight is 630 g/mol. The first-order valence-corrected chi connectivity index (χ1v) is 17.2. The van der Waals surface area contributed by atoms with E-state index in [1.165, 1.54) is 64.3 Å². The number of hydrogen-bond acceptors (Lipinski definition) is 2. The summed E-state index contributed by atoms with van der Waals surface area (Å²) in [6.07, 6.45) is 0. The van der Waals surface area contributed by atoms with Gasteiger partial charge in [0.15, 0.2) is 0 Å². The van der Waals surface area contributed by atoms with Gasteiger partial charge in [0, 0.05) is 37.2 Å². The zero-order valence-corrected chi connectivity index (χ0v) is 27.1. The lowest BCUT2D eigenvalue weighted by Crippen LogP contribution is -2.09. The quantitative estimate of drug-likeness (QED) is 0.177. The van der Waals surface area contributed by atoms with E-state index in [1.54, 1.807) is 0 Å². The fourth-order valence-corrected chi connectivity index (χ4v) is 7.97. The van der Waals surface area contributed by atoms with Crippen molar-refractivity contribution in [1.29, 1.82) is 0 Å². The normalized spacial score (nSPS) is 11.3. The van der Waals surface area contributed by atoms with Gasteiger partial charge in [0.1, 0.15) is 0 Å². The van der Waals surface area contributed by atoms with Gasteiger partial charge in [-0.05, 0) is 105 Å². The van der Waals surface area contributed by atoms with E-state index in [-0.39, 0.29) is 0 Å². The maximum absolute atomic E-state index is 2.34. The summed E-state index contributed by atoms with van der Waals surface area (Å²) in [5.41, 5.74) is 10.7. The third-order valence-corrected chi connectivity index (χ3v) is 10.4. The minimum Gasteiger partial charge on any atom is -0.311 e. The molecule has 2 heteroatoms. The highest BCUT2D eigenvalue weighted by atomic mass is 32.1. The van der Waals surface area contributed by atoms with E-state index >= 15 is 0 Å². The fourth-order valence-electron chi connectivity index (χ4n) is 6.88. The molecule has 1 nitrogen and oxygen atoms in total. The van der Waals surface area contributed by atoms with Crippen molar-refractivity contribution in [1.82, 2.24) is 0 Å². The molecule has 0 aliphatic rings. The van der Waals surface area contributed by atoms with Gasteiger partial charge in [0.25, 0.3) is 0 Å². The summed E-state index contributed by atoms with van der Waals surface area (Å²) in [5, 5.41) is 5.19. The van der Waals surface area contributed by atoms with Crippen LogP contribution in [0.2, 0.25) is 0 Å². The molecular weight excluding hydrogens is 599 g/mol. The Morgan fingerprint density at radius 2 is 0.854 bits per heavy atom. The van der Waals surface area contributed by atoms with Gasteiger partial charge in [0.2, 0.25) is 0 Å². The number of hydrogen-bond donors (Lipinski definition) is 0. The molecular formula is C46H31NS. The minimum absolute atomic E-state index is 1.12. The molecule has 9 rings (SSSR count). The van der Waals surface area contributed by atoms with Gasteiger partial charge in [-0.25, -0.2) is 0 Å². The van der Waals surface area contributed by atoms with Gasteiger partial charge in [-0.3, -0.25) is 0 Å². The van der Waals surface area contributed by atoms with Gasteiger partial charge in [-0.1, -0.05) is 127 Å². The number of para-hydroxylation sites is 1. The summed E-state index contributed by atoms with van der Waals surface area (Å²) in [7, 11) is 0. The molecule has 0 N–H and O–H groups in total. The second-order valence-corrected chi connectivity index (χ2v) is 13.3. The summed E-state index contributed by atoms with van der Waals surface area (Å²) >= 11 is 1.86. The third-order valence-electron chi connectivity index (χ3n) is 9.27. The van der Waals surface area contributed by atoms with Crippen molar-refractivity contribution in [3.05, 3.63) is 188 Å². The first kappa shape index (κ1) is 28.3. The maximum Gasteiger partial charge on any atom is 0.0462 e. The lowest BCUT2D eigenvalue weighted by molar-refractivity contribution is 1.28. The van der Waals surface area contributed by atoms with Crippen LogP contribution in [0.15, 0.2) is 188 Å². The van der Waals surface area contributed by atoms with E-state index in [0.717, 1.165) is 17.1 Å². The lowest BCUT2D eigenvalue weighted by atomic mass is 9.95. The summed E-state index contributed by atoms with van der Waals surface area (Å²) in [6, 6.07) is 68.1. The fraction of sp³-hybridized carbons (Fsp3) is 0. The van der Waals surface area contributed by atoms with Crippen LogP contribution in [-0.4, -0.2) is 0 Å². The van der Waals surface area contributed by atoms with E-state index < -0.39 is 0 Å². The van der Waals surface area contributed by atoms with Crippen LogP contribution in [0, 0.1) is 0 Å². The van der Waals surface area contributed by atoms with Crippen LogP contribution in [-0.2, 0) is 0 Å². The van der Waals surface area contributed by atoms with Crippen molar-refractivity contribution in [2.75, 3.05) is 4.90 Å². The Labute approximate surface area is 284 Å². The highest BCUT2D eigenvalue weighted by Gasteiger charge is 2.14. The predicted octanol–water partition coefficient (Wildman–Crippen LogP) is 13.7. The average Bonchev–Trinajstić information content (AvgIpc) is 3.54. The molecule has 0 atom stereocenters. The van der Waals surface area contributed by atoms with Crippen LogP contribution in [0.1, 0.15) is 0 Å². The van der Waals surface area contributed by atoms with Crippen LogP contribution in [0.3, 0.4) is 0 Å². The number of thiophene rings is 1. The SMILES string of the molecule is c1ccc(N(c2ccc(-c3cccc(-c4cccc5ccccc45)c3)cc2)c2ccc(-c3ccc4sc5ccccc5c4c3)cc2)cc1. The van der Waals surface area contributed by atoms with Crippen molar-refractivity contribution >= 4 is 59.3 Å². The summed E-state index contributed by atoms with van der Waals surface area (Å²) in [5.74, 6) is 0. The zero-order chi connectivity index (χ0) is 31.9. The van der Waals surface area contributed by atoms with E-state index in [2.05, 4.69) is 193 Å². The third kappa shape index (κ3) is 5.13. The van der Waals surface area contributed by atoms with Crippen molar-refractivity contribution < 1.29 is 0 Å². The van der Waals surface area contributed by atoms with E-state index in [4.69, 9.17) is 0 Å². The van der Waals surface area contributed by atoms with Crippen molar-refractivity contribution in [3.63, 3.8) is 0 Å². The number of benzene rings is 8. The summed E-state index contributed by atoms with van der Waals surface area (Å²) in [6.45, 7) is 0. The van der Waals surface area contributed by atoms with Crippen LogP contribution in [0.25, 0.3) is 64.3 Å². The first-order chi connectivity index (χ1) is 23.8. The Bertz CT molecular complexity index is 2540. The lowest BCUT2D eigenvalue weighted by Gasteiger charge is -2.26. The van der Waals surface area contributed by atoms with Gasteiger partial charge in [-0.2, -0.15) is 0 Å².